The second-order valence-corrected chi connectivity index (χ2v) is 6.75. The maximum Gasteiger partial charge on any atom is 0.269 e. The summed E-state index contributed by atoms with van der Waals surface area (Å²) in [6, 6.07) is 15.0. The van der Waals surface area contributed by atoms with Crippen LogP contribution in [0.25, 0.3) is 5.69 Å². The number of nitro benzene ring substituents is 1. The van der Waals surface area contributed by atoms with Gasteiger partial charge in [-0.15, -0.1) is 0 Å². The molecule has 10 heteroatoms. The van der Waals surface area contributed by atoms with E-state index in [0.29, 0.717) is 11.4 Å². The summed E-state index contributed by atoms with van der Waals surface area (Å²) in [7, 11) is 0. The summed E-state index contributed by atoms with van der Waals surface area (Å²) < 4.78 is 7.17. The first-order valence-electron chi connectivity index (χ1n) is 8.81. The van der Waals surface area contributed by atoms with E-state index in [1.165, 1.54) is 29.1 Å². The van der Waals surface area contributed by atoms with Crippen molar-refractivity contribution in [2.75, 3.05) is 5.32 Å². The molecule has 2 aromatic carbocycles. The number of anilines is 1. The van der Waals surface area contributed by atoms with Crippen molar-refractivity contribution in [1.29, 1.82) is 5.26 Å². The van der Waals surface area contributed by atoms with Gasteiger partial charge in [-0.25, -0.2) is 4.68 Å². The number of amides is 1. The van der Waals surface area contributed by atoms with Crippen LogP contribution in [0.2, 0.25) is 0 Å². The van der Waals surface area contributed by atoms with Crippen LogP contribution in [0.4, 0.5) is 11.4 Å². The molecule has 1 spiro atoms. The van der Waals surface area contributed by atoms with Gasteiger partial charge in [-0.1, -0.05) is 18.2 Å². The fraction of sp³-hybridized carbons (Fsp3) is 0.0500. The Bertz CT molecular complexity index is 1320. The van der Waals surface area contributed by atoms with Gasteiger partial charge in [0.05, 0.1) is 22.4 Å². The molecule has 0 fully saturated rings. The zero-order chi connectivity index (χ0) is 21.0. The maximum absolute atomic E-state index is 13.3. The van der Waals surface area contributed by atoms with Gasteiger partial charge in [0.25, 0.3) is 5.69 Å². The third-order valence-electron chi connectivity index (χ3n) is 5.28. The smallest absolute Gasteiger partial charge is 0.269 e. The second kappa shape index (κ2) is 5.92. The van der Waals surface area contributed by atoms with Crippen molar-refractivity contribution in [3.63, 3.8) is 0 Å². The normalized spacial score (nSPS) is 19.0. The number of carbonyl (C=O) groups is 1. The van der Waals surface area contributed by atoms with Gasteiger partial charge < -0.3 is 15.8 Å². The van der Waals surface area contributed by atoms with Crippen LogP contribution < -0.4 is 15.8 Å². The number of nitrogens with two attached hydrogens (primary N) is 1. The molecule has 10 nitrogen and oxygen atoms in total. The van der Waals surface area contributed by atoms with Crippen molar-refractivity contribution in [3.8, 4) is 17.6 Å². The Hall–Kier alpha value is -4.65. The highest BCUT2D eigenvalue weighted by Crippen LogP contribution is 2.54. The number of carbonyl (C=O) groups excluding carboxylic acids is 1. The average molecular weight is 400 g/mol. The molecular formula is C20H12N6O4. The average Bonchev–Trinajstić information content (AvgIpc) is 3.28. The van der Waals surface area contributed by atoms with E-state index >= 15 is 0 Å². The van der Waals surface area contributed by atoms with E-state index in [4.69, 9.17) is 10.5 Å². The number of nitriles is 1. The Morgan fingerprint density at radius 3 is 2.70 bits per heavy atom. The third kappa shape index (κ3) is 2.05. The fourth-order valence-electron chi connectivity index (χ4n) is 3.98. The summed E-state index contributed by atoms with van der Waals surface area (Å²) in [5.74, 6) is -0.668. The number of fused-ring (bicyclic) bond motifs is 4. The number of hydrogen-bond acceptors (Lipinski definition) is 7. The zero-order valence-electron chi connectivity index (χ0n) is 15.2. The van der Waals surface area contributed by atoms with E-state index in [1.54, 1.807) is 12.1 Å². The van der Waals surface area contributed by atoms with E-state index in [2.05, 4.69) is 10.4 Å². The number of aromatic nitrogens is 2. The van der Waals surface area contributed by atoms with Crippen LogP contribution >= 0.6 is 0 Å². The van der Waals surface area contributed by atoms with Crippen molar-refractivity contribution < 1.29 is 14.5 Å². The minimum atomic E-state index is -1.71. The number of benzene rings is 2. The number of hydrogen-bond donors (Lipinski definition) is 2. The Morgan fingerprint density at radius 2 is 2.00 bits per heavy atom. The minimum Gasteiger partial charge on any atom is -0.422 e. The summed E-state index contributed by atoms with van der Waals surface area (Å²) in [6.07, 6.45) is 1.42. The van der Waals surface area contributed by atoms with E-state index in [-0.39, 0.29) is 34.2 Å². The van der Waals surface area contributed by atoms with Gasteiger partial charge in [0.1, 0.15) is 17.1 Å². The fourth-order valence-corrected chi connectivity index (χ4v) is 3.98. The van der Waals surface area contributed by atoms with Gasteiger partial charge in [-0.3, -0.25) is 14.9 Å². The van der Waals surface area contributed by atoms with Gasteiger partial charge in [-0.2, -0.15) is 10.4 Å². The SMILES string of the molecule is N#CC1=C(N)Oc2c(cnn2-c2ccccc2)C12C(=O)Nc1ccc([N+](=O)[O-])cc12. The molecule has 3 heterocycles. The number of nitro groups is 1. The first-order chi connectivity index (χ1) is 14.5. The second-order valence-electron chi connectivity index (χ2n) is 6.75. The molecule has 1 amide bonds. The summed E-state index contributed by atoms with van der Waals surface area (Å²) >= 11 is 0. The largest absolute Gasteiger partial charge is 0.422 e. The van der Waals surface area contributed by atoms with E-state index < -0.39 is 16.2 Å². The Kier molecular flexibility index (Phi) is 3.44. The van der Waals surface area contributed by atoms with Crippen molar-refractivity contribution in [2.45, 2.75) is 5.41 Å². The number of ether oxygens (including phenoxy) is 1. The van der Waals surface area contributed by atoms with Gasteiger partial charge in [-0.05, 0) is 18.2 Å². The number of para-hydroxylation sites is 1. The van der Waals surface area contributed by atoms with Crippen LogP contribution in [-0.4, -0.2) is 20.6 Å². The number of nitrogens with zero attached hydrogens (tertiary/aromatic N) is 4. The molecule has 0 radical (unpaired) electrons. The van der Waals surface area contributed by atoms with Gasteiger partial charge >= 0.3 is 0 Å². The molecule has 1 unspecified atom stereocenters. The minimum absolute atomic E-state index is 0.153. The summed E-state index contributed by atoms with van der Waals surface area (Å²) in [4.78, 5) is 24.1. The maximum atomic E-state index is 13.3. The molecule has 5 rings (SSSR count). The molecule has 1 atom stereocenters. The third-order valence-corrected chi connectivity index (χ3v) is 5.28. The Morgan fingerprint density at radius 1 is 1.23 bits per heavy atom. The van der Waals surface area contributed by atoms with Crippen LogP contribution in [0.3, 0.4) is 0 Å². The molecule has 146 valence electrons. The predicted octanol–water partition coefficient (Wildman–Crippen LogP) is 2.10. The van der Waals surface area contributed by atoms with Gasteiger partial charge in [0, 0.05) is 23.4 Å². The lowest BCUT2D eigenvalue weighted by atomic mass is 9.70. The monoisotopic (exact) mass is 400 g/mol. The Labute approximate surface area is 168 Å². The van der Waals surface area contributed by atoms with Crippen molar-refractivity contribution in [1.82, 2.24) is 9.78 Å². The highest BCUT2D eigenvalue weighted by molar-refractivity contribution is 6.12. The molecule has 1 aromatic heterocycles. The number of rotatable bonds is 2. The zero-order valence-corrected chi connectivity index (χ0v) is 15.2. The standard InChI is InChI=1S/C20H12N6O4/c21-9-14-17(22)30-18-15(10-23-25(18)11-4-2-1-3-5-11)20(14)13-8-12(26(28)29)6-7-16(13)24-19(20)27/h1-8,10H,22H2,(H,24,27). The lowest BCUT2D eigenvalue weighted by Crippen LogP contribution is -2.42. The lowest BCUT2D eigenvalue weighted by molar-refractivity contribution is -0.384. The molecular weight excluding hydrogens is 388 g/mol. The lowest BCUT2D eigenvalue weighted by Gasteiger charge is -2.31. The molecule has 2 aliphatic heterocycles. The highest BCUT2D eigenvalue weighted by Gasteiger charge is 2.58. The van der Waals surface area contributed by atoms with Crippen molar-refractivity contribution >= 4 is 17.3 Å². The van der Waals surface area contributed by atoms with Crippen LogP contribution in [0.5, 0.6) is 5.88 Å². The molecule has 0 saturated heterocycles. The molecule has 30 heavy (non-hydrogen) atoms. The first-order valence-corrected chi connectivity index (χ1v) is 8.81. The quantitative estimate of drug-likeness (QED) is 0.494. The summed E-state index contributed by atoms with van der Waals surface area (Å²) in [5.41, 5.74) is 5.51. The van der Waals surface area contributed by atoms with Crippen LogP contribution in [0.1, 0.15) is 11.1 Å². The molecule has 2 aliphatic rings. The number of nitrogens with one attached hydrogen (secondary N) is 1. The first kappa shape index (κ1) is 17.4. The molecule has 3 N–H and O–H groups in total. The van der Waals surface area contributed by atoms with Gasteiger partial charge in [0.15, 0.2) is 0 Å². The van der Waals surface area contributed by atoms with E-state index in [1.807, 2.05) is 24.3 Å². The molecule has 3 aromatic rings. The van der Waals surface area contributed by atoms with E-state index in [9.17, 15) is 20.2 Å². The predicted molar refractivity (Wildman–Crippen MR) is 104 cm³/mol. The molecule has 0 saturated carbocycles. The highest BCUT2D eigenvalue weighted by atomic mass is 16.6. The number of non-ortho nitro benzene ring substituents is 1. The van der Waals surface area contributed by atoms with Crippen molar-refractivity contribution in [2.24, 2.45) is 5.73 Å². The summed E-state index contributed by atoms with van der Waals surface area (Å²) in [5, 5.41) is 28.3. The topological polar surface area (TPSA) is 149 Å². The van der Waals surface area contributed by atoms with Crippen LogP contribution in [-0.2, 0) is 10.2 Å². The van der Waals surface area contributed by atoms with Crippen LogP contribution in [0, 0.1) is 21.4 Å². The van der Waals surface area contributed by atoms with Crippen molar-refractivity contribution in [3.05, 3.63) is 87.4 Å². The van der Waals surface area contributed by atoms with Crippen LogP contribution in [0.15, 0.2) is 66.2 Å². The Balaban J connectivity index is 1.85. The molecule has 0 bridgehead atoms. The summed E-state index contributed by atoms with van der Waals surface area (Å²) in [6.45, 7) is 0. The van der Waals surface area contributed by atoms with Gasteiger partial charge in [0.2, 0.25) is 17.7 Å². The molecule has 0 aliphatic carbocycles. The van der Waals surface area contributed by atoms with E-state index in [0.717, 1.165) is 0 Å².